The van der Waals surface area contributed by atoms with Crippen LogP contribution in [-0.2, 0) is 0 Å². The molecule has 0 amide bonds. The third-order valence-corrected chi connectivity index (χ3v) is 4.07. The molecule has 1 aliphatic heterocycles. The highest BCUT2D eigenvalue weighted by Gasteiger charge is 2.29. The molecule has 4 heteroatoms. The summed E-state index contributed by atoms with van der Waals surface area (Å²) in [7, 11) is 1.72. The van der Waals surface area contributed by atoms with Crippen molar-refractivity contribution in [3.05, 3.63) is 41.1 Å². The molecule has 2 N–H and O–H groups in total. The van der Waals surface area contributed by atoms with E-state index in [1.165, 1.54) is 29.7 Å². The Kier molecular flexibility index (Phi) is 3.42. The van der Waals surface area contributed by atoms with Crippen molar-refractivity contribution in [1.29, 1.82) is 0 Å². The van der Waals surface area contributed by atoms with Crippen LogP contribution in [0.25, 0.3) is 0 Å². The molecule has 0 saturated carbocycles. The third kappa shape index (κ3) is 2.32. The van der Waals surface area contributed by atoms with Crippen molar-refractivity contribution in [2.75, 3.05) is 7.11 Å². The lowest BCUT2D eigenvalue weighted by molar-refractivity contribution is 0.404. The number of hydrogen-bond donors (Lipinski definition) is 2. The molecule has 1 heterocycles. The number of allylic oxidation sites excluding steroid dienone is 1. The van der Waals surface area contributed by atoms with Crippen LogP contribution in [0.5, 0.6) is 5.75 Å². The molecule has 100 valence electrons. The molecule has 1 atom stereocenters. The largest absolute Gasteiger partial charge is 0.496 e. The molecule has 1 unspecified atom stereocenters. The van der Waals surface area contributed by atoms with Gasteiger partial charge in [0, 0.05) is 11.3 Å². The van der Waals surface area contributed by atoms with E-state index >= 15 is 0 Å². The van der Waals surface area contributed by atoms with E-state index in [9.17, 15) is 0 Å². The zero-order chi connectivity index (χ0) is 13.2. The normalized spacial score (nSPS) is 22.4. The van der Waals surface area contributed by atoms with Gasteiger partial charge in [-0.15, -0.1) is 0 Å². The number of hydrogen-bond acceptors (Lipinski definition) is 2. The van der Waals surface area contributed by atoms with Crippen molar-refractivity contribution in [1.82, 2.24) is 10.6 Å². The first-order valence-corrected chi connectivity index (χ1v) is 7.13. The first-order valence-electron chi connectivity index (χ1n) is 6.72. The van der Waals surface area contributed by atoms with E-state index in [-0.39, 0.29) is 6.04 Å². The van der Waals surface area contributed by atoms with Crippen molar-refractivity contribution < 1.29 is 4.74 Å². The van der Waals surface area contributed by atoms with Gasteiger partial charge < -0.3 is 15.4 Å². The highest BCUT2D eigenvalue weighted by molar-refractivity contribution is 7.80. The quantitative estimate of drug-likeness (QED) is 0.812. The fraction of sp³-hybridized carbons (Fsp3) is 0.400. The Labute approximate surface area is 119 Å². The summed E-state index contributed by atoms with van der Waals surface area (Å²) < 4.78 is 5.49. The summed E-state index contributed by atoms with van der Waals surface area (Å²) in [5, 5.41) is 7.42. The van der Waals surface area contributed by atoms with E-state index in [4.69, 9.17) is 17.0 Å². The van der Waals surface area contributed by atoms with E-state index in [2.05, 4.69) is 16.7 Å². The first kappa shape index (κ1) is 12.5. The highest BCUT2D eigenvalue weighted by atomic mass is 32.1. The Hall–Kier alpha value is -1.55. The molecule has 0 radical (unpaired) electrons. The van der Waals surface area contributed by atoms with Crippen LogP contribution in [0, 0.1) is 0 Å². The Bertz CT molecular complexity index is 539. The van der Waals surface area contributed by atoms with Crippen LogP contribution < -0.4 is 15.4 Å². The standard InChI is InChI=1S/C15H18N2OS/c1-18-13-9-5-3-7-11(13)14-10-6-2-4-8-12(10)16-15(19)17-14/h3,5,7,9,14H,2,4,6,8H2,1H3,(H2,16,17,19). The van der Waals surface area contributed by atoms with Crippen molar-refractivity contribution in [3.63, 3.8) is 0 Å². The highest BCUT2D eigenvalue weighted by Crippen LogP contribution is 2.38. The van der Waals surface area contributed by atoms with Crippen LogP contribution in [0.4, 0.5) is 0 Å². The number of rotatable bonds is 2. The number of nitrogens with one attached hydrogen (secondary N) is 2. The lowest BCUT2D eigenvalue weighted by Crippen LogP contribution is -2.44. The number of benzene rings is 1. The maximum absolute atomic E-state index is 5.49. The van der Waals surface area contributed by atoms with Crippen LogP contribution >= 0.6 is 12.2 Å². The third-order valence-electron chi connectivity index (χ3n) is 3.85. The number of ether oxygens (including phenoxy) is 1. The van der Waals surface area contributed by atoms with E-state index < -0.39 is 0 Å². The summed E-state index contributed by atoms with van der Waals surface area (Å²) in [5.74, 6) is 0.919. The van der Waals surface area contributed by atoms with Gasteiger partial charge in [-0.05, 0) is 49.5 Å². The first-order chi connectivity index (χ1) is 9.29. The average molecular weight is 274 g/mol. The molecule has 0 aromatic heterocycles. The number of para-hydroxylation sites is 1. The zero-order valence-corrected chi connectivity index (χ0v) is 11.8. The van der Waals surface area contributed by atoms with Crippen molar-refractivity contribution in [2.24, 2.45) is 0 Å². The van der Waals surface area contributed by atoms with Crippen LogP contribution in [-0.4, -0.2) is 12.2 Å². The molecular formula is C15H18N2OS. The van der Waals surface area contributed by atoms with Crippen LogP contribution in [0.15, 0.2) is 35.5 Å². The fourth-order valence-corrected chi connectivity index (χ4v) is 3.19. The average Bonchev–Trinajstić information content (AvgIpc) is 2.46. The van der Waals surface area contributed by atoms with Gasteiger partial charge in [-0.3, -0.25) is 0 Å². The molecule has 2 aliphatic rings. The summed E-state index contributed by atoms with van der Waals surface area (Å²) in [6.07, 6.45) is 4.72. The molecular weight excluding hydrogens is 256 g/mol. The van der Waals surface area contributed by atoms with Crippen LogP contribution in [0.1, 0.15) is 37.3 Å². The van der Waals surface area contributed by atoms with Gasteiger partial charge in [0.1, 0.15) is 5.75 Å². The van der Waals surface area contributed by atoms with Gasteiger partial charge in [-0.2, -0.15) is 0 Å². The smallest absolute Gasteiger partial charge is 0.171 e. The second kappa shape index (κ2) is 5.21. The molecule has 1 aliphatic carbocycles. The van der Waals surface area contributed by atoms with Gasteiger partial charge in [0.15, 0.2) is 5.11 Å². The topological polar surface area (TPSA) is 33.3 Å². The van der Waals surface area contributed by atoms with Crippen LogP contribution in [0.3, 0.4) is 0 Å². The summed E-state index contributed by atoms with van der Waals surface area (Å²) in [6, 6.07) is 8.32. The summed E-state index contributed by atoms with van der Waals surface area (Å²) in [5.41, 5.74) is 3.92. The molecule has 3 rings (SSSR count). The van der Waals surface area contributed by atoms with Gasteiger partial charge in [0.25, 0.3) is 0 Å². The number of thiocarbonyl (C=S) groups is 1. The maximum Gasteiger partial charge on any atom is 0.171 e. The Morgan fingerprint density at radius 3 is 2.84 bits per heavy atom. The molecule has 0 fully saturated rings. The van der Waals surface area contributed by atoms with E-state index in [1.54, 1.807) is 7.11 Å². The maximum atomic E-state index is 5.49. The molecule has 19 heavy (non-hydrogen) atoms. The van der Waals surface area contributed by atoms with E-state index in [0.29, 0.717) is 0 Å². The molecule has 0 saturated heterocycles. The van der Waals surface area contributed by atoms with Gasteiger partial charge in [-0.25, -0.2) is 0 Å². The lowest BCUT2D eigenvalue weighted by atomic mass is 9.86. The molecule has 3 nitrogen and oxygen atoms in total. The van der Waals surface area contributed by atoms with Crippen molar-refractivity contribution in [3.8, 4) is 5.75 Å². The van der Waals surface area contributed by atoms with Gasteiger partial charge >= 0.3 is 0 Å². The van der Waals surface area contributed by atoms with Gasteiger partial charge in [-0.1, -0.05) is 18.2 Å². The molecule has 0 spiro atoms. The second-order valence-corrected chi connectivity index (χ2v) is 5.39. The zero-order valence-electron chi connectivity index (χ0n) is 11.0. The minimum absolute atomic E-state index is 0.153. The van der Waals surface area contributed by atoms with Gasteiger partial charge in [0.05, 0.1) is 13.2 Å². The van der Waals surface area contributed by atoms with Crippen LogP contribution in [0.2, 0.25) is 0 Å². The molecule has 1 aromatic rings. The Morgan fingerprint density at radius 1 is 1.21 bits per heavy atom. The second-order valence-electron chi connectivity index (χ2n) is 4.98. The van der Waals surface area contributed by atoms with Crippen molar-refractivity contribution >= 4 is 17.3 Å². The Morgan fingerprint density at radius 2 is 2.00 bits per heavy atom. The lowest BCUT2D eigenvalue weighted by Gasteiger charge is -2.35. The van der Waals surface area contributed by atoms with E-state index in [0.717, 1.165) is 23.7 Å². The van der Waals surface area contributed by atoms with Gasteiger partial charge in [0.2, 0.25) is 0 Å². The summed E-state index contributed by atoms with van der Waals surface area (Å²) >= 11 is 5.33. The minimum Gasteiger partial charge on any atom is -0.496 e. The predicted octanol–water partition coefficient (Wildman–Crippen LogP) is 3.04. The SMILES string of the molecule is COc1ccccc1C1NC(=S)NC2=C1CCCC2. The van der Waals surface area contributed by atoms with E-state index in [1.807, 2.05) is 18.2 Å². The summed E-state index contributed by atoms with van der Waals surface area (Å²) in [6.45, 7) is 0. The summed E-state index contributed by atoms with van der Waals surface area (Å²) in [4.78, 5) is 0. The Balaban J connectivity index is 2.04. The fourth-order valence-electron chi connectivity index (χ4n) is 2.95. The minimum atomic E-state index is 0.153. The number of methoxy groups -OCH3 is 1. The van der Waals surface area contributed by atoms with Crippen molar-refractivity contribution in [2.45, 2.75) is 31.7 Å². The molecule has 0 bridgehead atoms. The predicted molar refractivity (Wildman–Crippen MR) is 80.1 cm³/mol. The monoisotopic (exact) mass is 274 g/mol. The molecule has 1 aromatic carbocycles.